The van der Waals surface area contributed by atoms with Crippen molar-refractivity contribution >= 4 is 36.6 Å². The standard InChI is InChI=1S/C16H22N8O2.2ClH/c1-10-21-23-14(24-22-10)11-5-7-12(8-6-11)15(25)19-9-3-2-4-13(17)16(26)20-18;;/h5-8,13H,2-4,9,17-18H2,1H3,(H,19,25)(H,20,26);2*1H. The number of carbonyl (C=O) groups excluding carboxylic acids is 2. The third-order valence-electron chi connectivity index (χ3n) is 3.69. The van der Waals surface area contributed by atoms with Gasteiger partial charge in [0, 0.05) is 17.7 Å². The number of hydrogen-bond donors (Lipinski definition) is 4. The molecule has 0 fully saturated rings. The number of carbonyl (C=O) groups is 2. The van der Waals surface area contributed by atoms with Gasteiger partial charge in [0.05, 0.1) is 6.04 Å². The Labute approximate surface area is 175 Å². The van der Waals surface area contributed by atoms with Crippen LogP contribution in [0.25, 0.3) is 11.4 Å². The Morgan fingerprint density at radius 1 is 1.04 bits per heavy atom. The lowest BCUT2D eigenvalue weighted by Crippen LogP contribution is -2.43. The van der Waals surface area contributed by atoms with Gasteiger partial charge >= 0.3 is 0 Å². The van der Waals surface area contributed by atoms with E-state index in [9.17, 15) is 9.59 Å². The molecule has 0 spiro atoms. The van der Waals surface area contributed by atoms with Crippen LogP contribution in [0.5, 0.6) is 0 Å². The van der Waals surface area contributed by atoms with E-state index in [1.807, 2.05) is 5.43 Å². The number of halogens is 2. The Morgan fingerprint density at radius 2 is 1.64 bits per heavy atom. The normalized spacial score (nSPS) is 10.8. The molecule has 0 aliphatic rings. The average molecular weight is 431 g/mol. The van der Waals surface area contributed by atoms with E-state index in [1.165, 1.54) is 0 Å². The number of aryl methyl sites for hydroxylation is 1. The zero-order chi connectivity index (χ0) is 18.9. The predicted molar refractivity (Wildman–Crippen MR) is 109 cm³/mol. The highest BCUT2D eigenvalue weighted by molar-refractivity contribution is 5.94. The van der Waals surface area contributed by atoms with Crippen molar-refractivity contribution in [2.24, 2.45) is 11.6 Å². The van der Waals surface area contributed by atoms with Crippen molar-refractivity contribution < 1.29 is 9.59 Å². The Bertz CT molecular complexity index is 743. The molecule has 28 heavy (non-hydrogen) atoms. The molecule has 0 radical (unpaired) electrons. The number of rotatable bonds is 8. The van der Waals surface area contributed by atoms with Crippen molar-refractivity contribution in [2.75, 3.05) is 6.54 Å². The molecule has 0 saturated carbocycles. The van der Waals surface area contributed by atoms with Crippen LogP contribution < -0.4 is 22.3 Å². The summed E-state index contributed by atoms with van der Waals surface area (Å²) in [5.41, 5.74) is 8.91. The van der Waals surface area contributed by atoms with E-state index >= 15 is 0 Å². The summed E-state index contributed by atoms with van der Waals surface area (Å²) in [5, 5.41) is 18.4. The highest BCUT2D eigenvalue weighted by Crippen LogP contribution is 2.14. The van der Waals surface area contributed by atoms with Gasteiger partial charge in [0.25, 0.3) is 11.8 Å². The minimum atomic E-state index is -0.629. The van der Waals surface area contributed by atoms with Gasteiger partial charge in [0.1, 0.15) is 0 Å². The third-order valence-corrected chi connectivity index (χ3v) is 3.69. The molecule has 0 saturated heterocycles. The van der Waals surface area contributed by atoms with Gasteiger partial charge < -0.3 is 11.1 Å². The minimum absolute atomic E-state index is 0. The lowest BCUT2D eigenvalue weighted by molar-refractivity contribution is -0.122. The van der Waals surface area contributed by atoms with Crippen LogP contribution in [0.15, 0.2) is 24.3 Å². The Morgan fingerprint density at radius 3 is 2.21 bits per heavy atom. The van der Waals surface area contributed by atoms with Gasteiger partial charge in [-0.05, 0) is 38.3 Å². The summed E-state index contributed by atoms with van der Waals surface area (Å²) >= 11 is 0. The Hall–Kier alpha value is -2.40. The fraction of sp³-hybridized carbons (Fsp3) is 0.375. The minimum Gasteiger partial charge on any atom is -0.352 e. The number of amides is 2. The SMILES string of the molecule is Cc1nnc(-c2ccc(C(=O)NCCCCC(N)C(=O)NN)cc2)nn1.Cl.Cl. The first-order valence-electron chi connectivity index (χ1n) is 8.20. The van der Waals surface area contributed by atoms with E-state index in [0.717, 1.165) is 5.56 Å². The van der Waals surface area contributed by atoms with Crippen molar-refractivity contribution in [3.05, 3.63) is 35.7 Å². The summed E-state index contributed by atoms with van der Waals surface area (Å²) in [6.45, 7) is 2.20. The number of unbranched alkanes of at least 4 members (excludes halogenated alkanes) is 1. The highest BCUT2D eigenvalue weighted by atomic mass is 35.5. The zero-order valence-electron chi connectivity index (χ0n) is 15.3. The molecule has 1 aromatic carbocycles. The van der Waals surface area contributed by atoms with Crippen molar-refractivity contribution in [1.29, 1.82) is 0 Å². The summed E-state index contributed by atoms with van der Waals surface area (Å²) in [6.07, 6.45) is 1.93. The molecule has 6 N–H and O–H groups in total. The van der Waals surface area contributed by atoms with Crippen molar-refractivity contribution in [2.45, 2.75) is 32.2 Å². The largest absolute Gasteiger partial charge is 0.352 e. The summed E-state index contributed by atoms with van der Waals surface area (Å²) in [6, 6.07) is 6.24. The van der Waals surface area contributed by atoms with E-state index in [2.05, 4.69) is 25.7 Å². The molecule has 1 aromatic heterocycles. The van der Waals surface area contributed by atoms with Gasteiger partial charge in [-0.25, -0.2) is 5.84 Å². The van der Waals surface area contributed by atoms with Gasteiger partial charge in [-0.1, -0.05) is 12.1 Å². The summed E-state index contributed by atoms with van der Waals surface area (Å²) in [7, 11) is 0. The van der Waals surface area contributed by atoms with Gasteiger partial charge in [-0.15, -0.1) is 45.2 Å². The van der Waals surface area contributed by atoms with E-state index in [-0.39, 0.29) is 30.7 Å². The molecule has 12 heteroatoms. The average Bonchev–Trinajstić information content (AvgIpc) is 2.67. The first kappa shape index (κ1) is 25.6. The maximum absolute atomic E-state index is 12.1. The lowest BCUT2D eigenvalue weighted by Gasteiger charge is -2.10. The molecule has 10 nitrogen and oxygen atoms in total. The maximum atomic E-state index is 12.1. The molecular formula is C16H24Cl2N8O2. The zero-order valence-corrected chi connectivity index (χ0v) is 16.9. The smallest absolute Gasteiger partial charge is 0.251 e. The lowest BCUT2D eigenvalue weighted by atomic mass is 10.1. The van der Waals surface area contributed by atoms with Crippen LogP contribution in [-0.2, 0) is 4.79 Å². The predicted octanol–water partition coefficient (Wildman–Crippen LogP) is 0.303. The number of hydrogen-bond acceptors (Lipinski definition) is 8. The Balaban J connectivity index is 0.00000364. The molecule has 2 rings (SSSR count). The monoisotopic (exact) mass is 430 g/mol. The second-order valence-electron chi connectivity index (χ2n) is 5.71. The fourth-order valence-electron chi connectivity index (χ4n) is 2.20. The van der Waals surface area contributed by atoms with E-state index in [1.54, 1.807) is 31.2 Å². The number of aromatic nitrogens is 4. The van der Waals surface area contributed by atoms with Crippen molar-refractivity contribution in [1.82, 2.24) is 31.1 Å². The highest BCUT2D eigenvalue weighted by Gasteiger charge is 2.11. The molecule has 1 atom stereocenters. The van der Waals surface area contributed by atoms with Crippen LogP contribution in [0.3, 0.4) is 0 Å². The van der Waals surface area contributed by atoms with Crippen molar-refractivity contribution in [3.63, 3.8) is 0 Å². The van der Waals surface area contributed by atoms with E-state index in [0.29, 0.717) is 43.0 Å². The summed E-state index contributed by atoms with van der Waals surface area (Å²) in [4.78, 5) is 23.3. The molecule has 1 heterocycles. The van der Waals surface area contributed by atoms with Crippen molar-refractivity contribution in [3.8, 4) is 11.4 Å². The first-order chi connectivity index (χ1) is 12.5. The first-order valence-corrected chi connectivity index (χ1v) is 8.20. The fourth-order valence-corrected chi connectivity index (χ4v) is 2.20. The van der Waals surface area contributed by atoms with Gasteiger partial charge in [-0.2, -0.15) is 0 Å². The third kappa shape index (κ3) is 7.69. The molecule has 1 unspecified atom stereocenters. The number of nitrogens with one attached hydrogen (secondary N) is 2. The van der Waals surface area contributed by atoms with Crippen LogP contribution in [-0.4, -0.2) is 44.8 Å². The molecule has 154 valence electrons. The number of hydrazine groups is 1. The van der Waals surface area contributed by atoms with Crippen LogP contribution in [0.4, 0.5) is 0 Å². The number of nitrogens with two attached hydrogens (primary N) is 2. The summed E-state index contributed by atoms with van der Waals surface area (Å²) in [5.74, 6) is 5.34. The Kier molecular flexibility index (Phi) is 11.8. The van der Waals surface area contributed by atoms with Crippen LogP contribution >= 0.6 is 24.8 Å². The van der Waals surface area contributed by atoms with Gasteiger partial charge in [-0.3, -0.25) is 15.0 Å². The molecule has 0 aliphatic heterocycles. The molecule has 0 aliphatic carbocycles. The van der Waals surface area contributed by atoms with Crippen LogP contribution in [0.2, 0.25) is 0 Å². The molecule has 2 amide bonds. The second kappa shape index (κ2) is 12.9. The quantitative estimate of drug-likeness (QED) is 0.201. The molecule has 0 bridgehead atoms. The van der Waals surface area contributed by atoms with Crippen LogP contribution in [0, 0.1) is 6.92 Å². The molecule has 2 aromatic rings. The van der Waals surface area contributed by atoms with E-state index in [4.69, 9.17) is 11.6 Å². The number of benzene rings is 1. The van der Waals surface area contributed by atoms with Gasteiger partial charge in [0.15, 0.2) is 5.82 Å². The van der Waals surface area contributed by atoms with Crippen LogP contribution in [0.1, 0.15) is 35.4 Å². The molecular weight excluding hydrogens is 407 g/mol. The summed E-state index contributed by atoms with van der Waals surface area (Å²) < 4.78 is 0. The second-order valence-corrected chi connectivity index (χ2v) is 5.71. The van der Waals surface area contributed by atoms with E-state index < -0.39 is 11.9 Å². The number of nitrogens with zero attached hydrogens (tertiary/aromatic N) is 4. The maximum Gasteiger partial charge on any atom is 0.251 e. The van der Waals surface area contributed by atoms with Gasteiger partial charge in [0.2, 0.25) is 5.82 Å². The topological polar surface area (TPSA) is 162 Å².